The average Bonchev–Trinajstić information content (AvgIpc) is 2.71. The van der Waals surface area contributed by atoms with Gasteiger partial charge in [-0.2, -0.15) is 5.10 Å². The number of aryl methyl sites for hydroxylation is 2. The van der Waals surface area contributed by atoms with Crippen LogP contribution in [0.4, 0.5) is 4.39 Å². The lowest BCUT2D eigenvalue weighted by Gasteiger charge is -2.09. The molecule has 1 aromatic heterocycles. The van der Waals surface area contributed by atoms with Crippen LogP contribution in [0.5, 0.6) is 0 Å². The first-order chi connectivity index (χ1) is 9.15. The summed E-state index contributed by atoms with van der Waals surface area (Å²) in [5, 5.41) is 7.59. The average molecular weight is 261 g/mol. The molecule has 3 nitrogen and oxygen atoms in total. The molecular weight excluding hydrogens is 241 g/mol. The first kappa shape index (κ1) is 13.7. The van der Waals surface area contributed by atoms with E-state index in [0.717, 1.165) is 35.2 Å². The Morgan fingerprint density at radius 1 is 1.32 bits per heavy atom. The van der Waals surface area contributed by atoms with E-state index >= 15 is 0 Å². The summed E-state index contributed by atoms with van der Waals surface area (Å²) in [7, 11) is 3.79. The number of halogens is 1. The van der Waals surface area contributed by atoms with Crippen LogP contribution in [-0.2, 0) is 20.0 Å². The topological polar surface area (TPSA) is 29.9 Å². The van der Waals surface area contributed by atoms with Gasteiger partial charge >= 0.3 is 0 Å². The Hall–Kier alpha value is -1.68. The van der Waals surface area contributed by atoms with Crippen molar-refractivity contribution in [2.75, 3.05) is 7.05 Å². The van der Waals surface area contributed by atoms with Gasteiger partial charge in [0.25, 0.3) is 0 Å². The molecule has 0 atom stereocenters. The Morgan fingerprint density at radius 2 is 2.11 bits per heavy atom. The molecule has 0 bridgehead atoms. The molecule has 0 radical (unpaired) electrons. The van der Waals surface area contributed by atoms with E-state index in [1.807, 2.05) is 31.0 Å². The summed E-state index contributed by atoms with van der Waals surface area (Å²) >= 11 is 0. The fourth-order valence-electron chi connectivity index (χ4n) is 2.34. The highest BCUT2D eigenvalue weighted by Gasteiger charge is 2.13. The SMILES string of the molecule is CCCc1nn(C)cc1-c1ccc(F)cc1CNC. The monoisotopic (exact) mass is 261 g/mol. The van der Waals surface area contributed by atoms with Gasteiger partial charge in [-0.15, -0.1) is 0 Å². The molecule has 0 unspecified atom stereocenters. The van der Waals surface area contributed by atoms with Crippen molar-refractivity contribution >= 4 is 0 Å². The molecule has 2 aromatic rings. The molecule has 0 aliphatic heterocycles. The molecule has 19 heavy (non-hydrogen) atoms. The maximum absolute atomic E-state index is 13.4. The summed E-state index contributed by atoms with van der Waals surface area (Å²) in [6.45, 7) is 2.78. The van der Waals surface area contributed by atoms with Gasteiger partial charge in [-0.1, -0.05) is 19.4 Å². The van der Waals surface area contributed by atoms with Crippen molar-refractivity contribution < 1.29 is 4.39 Å². The van der Waals surface area contributed by atoms with Gasteiger partial charge in [0, 0.05) is 25.4 Å². The smallest absolute Gasteiger partial charge is 0.123 e. The van der Waals surface area contributed by atoms with E-state index in [2.05, 4.69) is 17.3 Å². The van der Waals surface area contributed by atoms with Gasteiger partial charge in [0.1, 0.15) is 5.82 Å². The lowest BCUT2D eigenvalue weighted by atomic mass is 9.98. The predicted octanol–water partition coefficient (Wildman–Crippen LogP) is 2.90. The molecule has 0 fully saturated rings. The van der Waals surface area contributed by atoms with E-state index in [1.165, 1.54) is 6.07 Å². The molecule has 1 aromatic carbocycles. The molecule has 0 saturated carbocycles. The number of nitrogens with one attached hydrogen (secondary N) is 1. The van der Waals surface area contributed by atoms with Gasteiger partial charge < -0.3 is 5.32 Å². The number of aromatic nitrogens is 2. The maximum Gasteiger partial charge on any atom is 0.123 e. The summed E-state index contributed by atoms with van der Waals surface area (Å²) in [4.78, 5) is 0. The molecule has 0 spiro atoms. The number of nitrogens with zero attached hydrogens (tertiary/aromatic N) is 2. The molecule has 0 saturated heterocycles. The molecule has 2 rings (SSSR count). The van der Waals surface area contributed by atoms with Crippen molar-refractivity contribution in [1.29, 1.82) is 0 Å². The normalized spacial score (nSPS) is 10.9. The Kier molecular flexibility index (Phi) is 4.32. The van der Waals surface area contributed by atoms with Crippen molar-refractivity contribution in [2.24, 2.45) is 7.05 Å². The largest absolute Gasteiger partial charge is 0.316 e. The second-order valence-corrected chi connectivity index (χ2v) is 4.74. The molecule has 0 aliphatic rings. The van der Waals surface area contributed by atoms with Crippen LogP contribution >= 0.6 is 0 Å². The second-order valence-electron chi connectivity index (χ2n) is 4.74. The molecule has 0 amide bonds. The van der Waals surface area contributed by atoms with E-state index in [0.29, 0.717) is 6.54 Å². The molecule has 102 valence electrons. The third-order valence-electron chi connectivity index (χ3n) is 3.12. The van der Waals surface area contributed by atoms with Crippen molar-refractivity contribution in [2.45, 2.75) is 26.3 Å². The fourth-order valence-corrected chi connectivity index (χ4v) is 2.34. The predicted molar refractivity (Wildman–Crippen MR) is 75.4 cm³/mol. The number of rotatable bonds is 5. The van der Waals surface area contributed by atoms with Gasteiger partial charge in [0.15, 0.2) is 0 Å². The Morgan fingerprint density at radius 3 is 2.79 bits per heavy atom. The summed E-state index contributed by atoms with van der Waals surface area (Å²) in [5.74, 6) is -0.199. The van der Waals surface area contributed by atoms with E-state index in [1.54, 1.807) is 6.07 Å². The van der Waals surface area contributed by atoms with Gasteiger partial charge in [-0.25, -0.2) is 4.39 Å². The van der Waals surface area contributed by atoms with Crippen LogP contribution in [0.25, 0.3) is 11.1 Å². The molecular formula is C15H20FN3. The molecule has 1 N–H and O–H groups in total. The fraction of sp³-hybridized carbons (Fsp3) is 0.400. The second kappa shape index (κ2) is 5.97. The molecule has 0 aliphatic carbocycles. The van der Waals surface area contributed by atoms with Crippen molar-refractivity contribution in [3.05, 3.63) is 41.5 Å². The van der Waals surface area contributed by atoms with E-state index in [9.17, 15) is 4.39 Å². The number of hydrogen-bond acceptors (Lipinski definition) is 2. The minimum Gasteiger partial charge on any atom is -0.316 e. The zero-order chi connectivity index (χ0) is 13.8. The third kappa shape index (κ3) is 3.01. The van der Waals surface area contributed by atoms with Gasteiger partial charge in [-0.05, 0) is 36.7 Å². The quantitative estimate of drug-likeness (QED) is 0.897. The lowest BCUT2D eigenvalue weighted by molar-refractivity contribution is 0.624. The highest BCUT2D eigenvalue weighted by atomic mass is 19.1. The summed E-state index contributed by atoms with van der Waals surface area (Å²) in [6, 6.07) is 4.95. The van der Waals surface area contributed by atoms with Crippen LogP contribution in [0, 0.1) is 5.82 Å². The zero-order valence-electron chi connectivity index (χ0n) is 11.7. The Balaban J connectivity index is 2.51. The van der Waals surface area contributed by atoms with Crippen LogP contribution in [0.3, 0.4) is 0 Å². The van der Waals surface area contributed by atoms with Crippen molar-refractivity contribution in [3.63, 3.8) is 0 Å². The van der Waals surface area contributed by atoms with Crippen molar-refractivity contribution in [3.8, 4) is 11.1 Å². The van der Waals surface area contributed by atoms with Crippen LogP contribution in [-0.4, -0.2) is 16.8 Å². The minimum absolute atomic E-state index is 0.199. The van der Waals surface area contributed by atoms with Crippen molar-refractivity contribution in [1.82, 2.24) is 15.1 Å². The van der Waals surface area contributed by atoms with E-state index in [4.69, 9.17) is 0 Å². The van der Waals surface area contributed by atoms with Crippen LogP contribution in [0.1, 0.15) is 24.6 Å². The van der Waals surface area contributed by atoms with Gasteiger partial charge in [0.05, 0.1) is 5.69 Å². The third-order valence-corrected chi connectivity index (χ3v) is 3.12. The zero-order valence-corrected chi connectivity index (χ0v) is 11.7. The standard InChI is InChI=1S/C15H20FN3/c1-4-5-15-14(10-19(3)18-15)13-7-6-12(16)8-11(13)9-17-2/h6-8,10,17H,4-5,9H2,1-3H3. The minimum atomic E-state index is -0.199. The van der Waals surface area contributed by atoms with Crippen LogP contribution < -0.4 is 5.32 Å². The number of hydrogen-bond donors (Lipinski definition) is 1. The molecule has 4 heteroatoms. The summed E-state index contributed by atoms with van der Waals surface area (Å²) < 4.78 is 15.2. The van der Waals surface area contributed by atoms with Gasteiger partial charge in [0.2, 0.25) is 0 Å². The van der Waals surface area contributed by atoms with Crippen LogP contribution in [0.2, 0.25) is 0 Å². The first-order valence-corrected chi connectivity index (χ1v) is 6.61. The summed E-state index contributed by atoms with van der Waals surface area (Å²) in [5.41, 5.74) is 4.21. The molecule has 1 heterocycles. The van der Waals surface area contributed by atoms with E-state index in [-0.39, 0.29) is 5.82 Å². The van der Waals surface area contributed by atoms with E-state index < -0.39 is 0 Å². The Bertz CT molecular complexity index is 561. The number of benzene rings is 1. The highest BCUT2D eigenvalue weighted by molar-refractivity contribution is 5.69. The first-order valence-electron chi connectivity index (χ1n) is 6.61. The highest BCUT2D eigenvalue weighted by Crippen LogP contribution is 2.28. The summed E-state index contributed by atoms with van der Waals surface area (Å²) in [6.07, 6.45) is 4.00. The lowest BCUT2D eigenvalue weighted by Crippen LogP contribution is -2.07. The Labute approximate surface area is 113 Å². The van der Waals surface area contributed by atoms with Gasteiger partial charge in [-0.3, -0.25) is 4.68 Å². The van der Waals surface area contributed by atoms with Crippen LogP contribution in [0.15, 0.2) is 24.4 Å². The maximum atomic E-state index is 13.4.